The number of nitrogens with two attached hydrogens (primary N) is 1. The fraction of sp³-hybridized carbons (Fsp3) is 0.333. The van der Waals surface area contributed by atoms with E-state index in [0.717, 1.165) is 37.9 Å². The Morgan fingerprint density at radius 2 is 1.92 bits per heavy atom. The van der Waals surface area contributed by atoms with Crippen LogP contribution in [0.25, 0.3) is 0 Å². The molecule has 0 spiro atoms. The molecule has 2 aromatic rings. The Balaban J connectivity index is 1.64. The quantitative estimate of drug-likeness (QED) is 0.677. The number of nitrogens with zero attached hydrogens (tertiary/aromatic N) is 2. The number of benzene rings is 1. The molecule has 0 radical (unpaired) electrons. The summed E-state index contributed by atoms with van der Waals surface area (Å²) in [6.07, 6.45) is 9.48. The highest BCUT2D eigenvalue weighted by Crippen LogP contribution is 2.27. The fourth-order valence-electron chi connectivity index (χ4n) is 2.82. The largest absolute Gasteiger partial charge is 0.393 e. The summed E-state index contributed by atoms with van der Waals surface area (Å²) in [6.45, 7) is 0.734. The highest BCUT2D eigenvalue weighted by Gasteiger charge is 2.10. The zero-order valence-electron chi connectivity index (χ0n) is 13.9. The lowest BCUT2D eigenvalue weighted by molar-refractivity contribution is 0.509. The molecule has 0 saturated carbocycles. The minimum Gasteiger partial charge on any atom is -0.393 e. The van der Waals surface area contributed by atoms with E-state index in [4.69, 9.17) is 5.73 Å². The van der Waals surface area contributed by atoms with E-state index in [-0.39, 0.29) is 0 Å². The Bertz CT molecular complexity index is 776. The lowest BCUT2D eigenvalue weighted by atomic mass is 9.97. The Kier molecular flexibility index (Phi) is 5.42. The Hall–Kier alpha value is -2.70. The van der Waals surface area contributed by atoms with Crippen LogP contribution in [0.4, 0.5) is 31.8 Å². The normalized spacial score (nSPS) is 14.1. The van der Waals surface area contributed by atoms with E-state index >= 15 is 0 Å². The molecule has 1 aliphatic carbocycles. The topological polar surface area (TPSA) is 75.9 Å². The van der Waals surface area contributed by atoms with Gasteiger partial charge in [-0.25, -0.2) is 18.7 Å². The molecule has 0 amide bonds. The van der Waals surface area contributed by atoms with Gasteiger partial charge in [-0.3, -0.25) is 0 Å². The van der Waals surface area contributed by atoms with Gasteiger partial charge < -0.3 is 16.4 Å². The van der Waals surface area contributed by atoms with Crippen molar-refractivity contribution < 1.29 is 8.78 Å². The second kappa shape index (κ2) is 7.92. The van der Waals surface area contributed by atoms with E-state index in [2.05, 4.69) is 26.7 Å². The maximum atomic E-state index is 13.3. The summed E-state index contributed by atoms with van der Waals surface area (Å²) in [4.78, 5) is 8.22. The Labute approximate surface area is 145 Å². The molecular weight excluding hydrogens is 324 g/mol. The lowest BCUT2D eigenvalue weighted by Gasteiger charge is -2.15. The molecule has 1 aromatic heterocycles. The van der Waals surface area contributed by atoms with Gasteiger partial charge in [-0.15, -0.1) is 0 Å². The van der Waals surface area contributed by atoms with Crippen molar-refractivity contribution in [2.45, 2.75) is 32.1 Å². The third-order valence-electron chi connectivity index (χ3n) is 4.19. The molecule has 5 nitrogen and oxygen atoms in total. The van der Waals surface area contributed by atoms with Crippen LogP contribution in [-0.4, -0.2) is 16.5 Å². The van der Waals surface area contributed by atoms with Crippen molar-refractivity contribution in [3.63, 3.8) is 0 Å². The van der Waals surface area contributed by atoms with Gasteiger partial charge in [0.25, 0.3) is 0 Å². The molecule has 1 heterocycles. The molecule has 0 unspecified atom stereocenters. The number of nitrogen functional groups attached to an aromatic ring is 1. The summed E-state index contributed by atoms with van der Waals surface area (Å²) in [5, 5.41) is 6.10. The summed E-state index contributed by atoms with van der Waals surface area (Å²) in [5.74, 6) is -0.964. The molecule has 0 fully saturated rings. The fourth-order valence-corrected chi connectivity index (χ4v) is 2.82. The van der Waals surface area contributed by atoms with Gasteiger partial charge in [0, 0.05) is 18.3 Å². The van der Waals surface area contributed by atoms with Crippen LogP contribution in [0.15, 0.2) is 36.2 Å². The van der Waals surface area contributed by atoms with Gasteiger partial charge in [-0.05, 0) is 44.2 Å². The van der Waals surface area contributed by atoms with Crippen molar-refractivity contribution in [3.05, 3.63) is 47.8 Å². The van der Waals surface area contributed by atoms with Crippen molar-refractivity contribution in [3.8, 4) is 0 Å². The summed E-state index contributed by atoms with van der Waals surface area (Å²) in [5.41, 5.74) is 8.25. The van der Waals surface area contributed by atoms with E-state index in [9.17, 15) is 8.78 Å². The van der Waals surface area contributed by atoms with Crippen molar-refractivity contribution in [1.82, 2.24) is 9.97 Å². The monoisotopic (exact) mass is 345 g/mol. The third kappa shape index (κ3) is 4.43. The van der Waals surface area contributed by atoms with Crippen LogP contribution in [0, 0.1) is 11.6 Å². The first-order valence-corrected chi connectivity index (χ1v) is 8.38. The number of aromatic nitrogens is 2. The van der Waals surface area contributed by atoms with E-state index < -0.39 is 11.6 Å². The van der Waals surface area contributed by atoms with Crippen LogP contribution in [0.2, 0.25) is 0 Å². The van der Waals surface area contributed by atoms with E-state index in [1.165, 1.54) is 30.8 Å². The molecule has 7 heteroatoms. The van der Waals surface area contributed by atoms with Crippen LogP contribution >= 0.6 is 0 Å². The zero-order chi connectivity index (χ0) is 17.6. The van der Waals surface area contributed by atoms with Crippen molar-refractivity contribution in [2.24, 2.45) is 0 Å². The molecule has 132 valence electrons. The molecule has 25 heavy (non-hydrogen) atoms. The number of halogens is 2. The summed E-state index contributed by atoms with van der Waals surface area (Å²) in [7, 11) is 0. The molecule has 0 atom stereocenters. The van der Waals surface area contributed by atoms with Crippen LogP contribution < -0.4 is 16.4 Å². The van der Waals surface area contributed by atoms with E-state index in [1.807, 2.05) is 0 Å². The van der Waals surface area contributed by atoms with Gasteiger partial charge in [0.05, 0.1) is 0 Å². The molecule has 0 aliphatic heterocycles. The first kappa shape index (κ1) is 17.1. The Morgan fingerprint density at radius 1 is 1.08 bits per heavy atom. The van der Waals surface area contributed by atoms with Gasteiger partial charge >= 0.3 is 0 Å². The first-order chi connectivity index (χ1) is 12.1. The SMILES string of the molecule is Nc1c(NCCC2=CCCCC2)ncnc1Nc1ccc(F)c(F)c1. The van der Waals surface area contributed by atoms with Crippen molar-refractivity contribution in [2.75, 3.05) is 22.9 Å². The number of anilines is 4. The summed E-state index contributed by atoms with van der Waals surface area (Å²) < 4.78 is 26.3. The van der Waals surface area contributed by atoms with Gasteiger partial charge in [0.15, 0.2) is 23.3 Å². The lowest BCUT2D eigenvalue weighted by Crippen LogP contribution is -2.10. The molecule has 4 N–H and O–H groups in total. The van der Waals surface area contributed by atoms with Crippen LogP contribution in [0.5, 0.6) is 0 Å². The second-order valence-corrected chi connectivity index (χ2v) is 6.02. The predicted octanol–water partition coefficient (Wildman–Crippen LogP) is 4.38. The summed E-state index contributed by atoms with van der Waals surface area (Å²) >= 11 is 0. The van der Waals surface area contributed by atoms with E-state index in [1.54, 1.807) is 0 Å². The average Bonchev–Trinajstić information content (AvgIpc) is 2.62. The maximum absolute atomic E-state index is 13.3. The van der Waals surface area contributed by atoms with Gasteiger partial charge in [0.2, 0.25) is 0 Å². The smallest absolute Gasteiger partial charge is 0.160 e. The third-order valence-corrected chi connectivity index (χ3v) is 4.19. The van der Waals surface area contributed by atoms with Crippen LogP contribution in [0.1, 0.15) is 32.1 Å². The first-order valence-electron chi connectivity index (χ1n) is 8.38. The number of hydrogen-bond donors (Lipinski definition) is 3. The predicted molar refractivity (Wildman–Crippen MR) is 95.7 cm³/mol. The van der Waals surface area contributed by atoms with Gasteiger partial charge in [-0.2, -0.15) is 0 Å². The molecule has 0 bridgehead atoms. The second-order valence-electron chi connectivity index (χ2n) is 6.02. The number of hydrogen-bond acceptors (Lipinski definition) is 5. The minimum absolute atomic E-state index is 0.338. The number of nitrogens with one attached hydrogen (secondary N) is 2. The van der Waals surface area contributed by atoms with E-state index in [0.29, 0.717) is 23.0 Å². The van der Waals surface area contributed by atoms with Crippen LogP contribution in [0.3, 0.4) is 0 Å². The molecule has 0 saturated heterocycles. The van der Waals surface area contributed by atoms with Crippen molar-refractivity contribution >= 4 is 23.0 Å². The number of rotatable bonds is 6. The number of allylic oxidation sites excluding steroid dienone is 1. The minimum atomic E-state index is -0.934. The van der Waals surface area contributed by atoms with Crippen LogP contribution in [-0.2, 0) is 0 Å². The molecule has 1 aromatic carbocycles. The molecular formula is C18H21F2N5. The summed E-state index contributed by atoms with van der Waals surface area (Å²) in [6, 6.07) is 3.52. The Morgan fingerprint density at radius 3 is 2.68 bits per heavy atom. The average molecular weight is 345 g/mol. The maximum Gasteiger partial charge on any atom is 0.160 e. The van der Waals surface area contributed by atoms with Crippen molar-refractivity contribution in [1.29, 1.82) is 0 Å². The van der Waals surface area contributed by atoms with Gasteiger partial charge in [-0.1, -0.05) is 11.6 Å². The highest BCUT2D eigenvalue weighted by molar-refractivity contribution is 5.77. The van der Waals surface area contributed by atoms with Gasteiger partial charge in [0.1, 0.15) is 12.0 Å². The molecule has 1 aliphatic rings. The highest BCUT2D eigenvalue weighted by atomic mass is 19.2. The zero-order valence-corrected chi connectivity index (χ0v) is 13.9. The molecule has 3 rings (SSSR count). The standard InChI is InChI=1S/C18H21F2N5/c19-14-7-6-13(10-15(14)20)25-18-16(21)17(23-11-24-18)22-9-8-12-4-2-1-3-5-12/h4,6-7,10-11H,1-3,5,8-9,21H2,(H2,22,23,24,25).